The Morgan fingerprint density at radius 1 is 1.32 bits per heavy atom. The Balaban J connectivity index is 2.45. The maximum absolute atomic E-state index is 11.5. The number of hydrogen-bond acceptors (Lipinski definition) is 4. The summed E-state index contributed by atoms with van der Waals surface area (Å²) in [5, 5.41) is 6.54. The van der Waals surface area contributed by atoms with Gasteiger partial charge in [-0.05, 0) is 51.3 Å². The maximum Gasteiger partial charge on any atom is 0.407 e. The molecule has 0 saturated carbocycles. The van der Waals surface area contributed by atoms with Crippen LogP contribution in [-0.4, -0.2) is 57.9 Å². The molecule has 0 aliphatic rings. The van der Waals surface area contributed by atoms with Crippen LogP contribution in [0.3, 0.4) is 0 Å². The molecule has 0 spiro atoms. The fourth-order valence-corrected chi connectivity index (χ4v) is 2.16. The van der Waals surface area contributed by atoms with Crippen molar-refractivity contribution in [2.45, 2.75) is 18.9 Å². The molecule has 0 radical (unpaired) electrons. The van der Waals surface area contributed by atoms with Gasteiger partial charge in [0.25, 0.3) is 0 Å². The lowest BCUT2D eigenvalue weighted by atomic mass is 10.1. The van der Waals surface area contributed by atoms with Crippen LogP contribution in [0.15, 0.2) is 24.3 Å². The zero-order valence-corrected chi connectivity index (χ0v) is 14.3. The smallest absolute Gasteiger partial charge is 0.407 e. The number of rotatable bonds is 9. The number of hydrogen-bond donors (Lipinski definition) is 2. The molecule has 0 fully saturated rings. The highest BCUT2D eigenvalue weighted by molar-refractivity contribution is 6.30. The van der Waals surface area contributed by atoms with Gasteiger partial charge in [-0.15, -0.1) is 0 Å². The largest absolute Gasteiger partial charge is 0.445 e. The van der Waals surface area contributed by atoms with Crippen molar-refractivity contribution in [1.82, 2.24) is 15.5 Å². The van der Waals surface area contributed by atoms with E-state index in [0.717, 1.165) is 25.1 Å². The molecule has 0 heterocycles. The van der Waals surface area contributed by atoms with Crippen molar-refractivity contribution >= 4 is 17.7 Å². The molecule has 1 amide bonds. The number of nitrogens with one attached hydrogen (secondary N) is 2. The molecule has 22 heavy (non-hydrogen) atoms. The Labute approximate surface area is 138 Å². The molecule has 0 aliphatic heterocycles. The van der Waals surface area contributed by atoms with Gasteiger partial charge in [-0.1, -0.05) is 23.7 Å². The summed E-state index contributed by atoms with van der Waals surface area (Å²) in [4.78, 5) is 13.6. The van der Waals surface area contributed by atoms with Crippen molar-refractivity contribution in [2.24, 2.45) is 0 Å². The van der Waals surface area contributed by atoms with Gasteiger partial charge in [0.2, 0.25) is 0 Å². The van der Waals surface area contributed by atoms with Gasteiger partial charge in [0.05, 0.1) is 0 Å². The maximum atomic E-state index is 11.5. The molecule has 0 aromatic heterocycles. The number of amides is 1. The first-order valence-corrected chi connectivity index (χ1v) is 7.87. The van der Waals surface area contributed by atoms with Gasteiger partial charge >= 0.3 is 6.09 Å². The van der Waals surface area contributed by atoms with E-state index in [4.69, 9.17) is 16.3 Å². The van der Waals surface area contributed by atoms with Crippen LogP contribution in [0.4, 0.5) is 4.79 Å². The summed E-state index contributed by atoms with van der Waals surface area (Å²) in [6, 6.07) is 7.60. The van der Waals surface area contributed by atoms with Crippen molar-refractivity contribution in [1.29, 1.82) is 0 Å². The highest BCUT2D eigenvalue weighted by Gasteiger charge is 2.14. The Bertz CT molecular complexity index is 438. The van der Waals surface area contributed by atoms with E-state index >= 15 is 0 Å². The van der Waals surface area contributed by atoms with Gasteiger partial charge in [-0.2, -0.15) is 0 Å². The van der Waals surface area contributed by atoms with Crippen LogP contribution in [-0.2, 0) is 11.2 Å². The third kappa shape index (κ3) is 8.22. The van der Waals surface area contributed by atoms with E-state index in [-0.39, 0.29) is 6.10 Å². The number of carbonyl (C=O) groups is 1. The first-order valence-electron chi connectivity index (χ1n) is 7.49. The monoisotopic (exact) mass is 327 g/mol. The Hall–Kier alpha value is -1.30. The number of benzene rings is 1. The van der Waals surface area contributed by atoms with Gasteiger partial charge in [0.15, 0.2) is 0 Å². The summed E-state index contributed by atoms with van der Waals surface area (Å²) >= 11 is 5.89. The first-order chi connectivity index (χ1) is 10.5. The molecule has 1 aromatic rings. The van der Waals surface area contributed by atoms with E-state index in [2.05, 4.69) is 29.6 Å². The molecule has 0 aliphatic carbocycles. The standard InChI is InChI=1S/C16H26ClN3O2/c1-18-16(21)22-15(12-19-9-4-10-20(2)3)11-13-5-7-14(17)8-6-13/h5-8,15,19H,4,9-12H2,1-3H3,(H,18,21). The summed E-state index contributed by atoms with van der Waals surface area (Å²) in [5.74, 6) is 0. The molecular formula is C16H26ClN3O2. The average molecular weight is 328 g/mol. The second-order valence-corrected chi connectivity index (χ2v) is 5.91. The highest BCUT2D eigenvalue weighted by Crippen LogP contribution is 2.12. The number of ether oxygens (including phenoxy) is 1. The molecule has 124 valence electrons. The summed E-state index contributed by atoms with van der Waals surface area (Å²) in [6.07, 6.45) is 1.10. The zero-order valence-electron chi connectivity index (χ0n) is 13.6. The van der Waals surface area contributed by atoms with E-state index in [0.29, 0.717) is 18.0 Å². The number of carbonyl (C=O) groups excluding carboxylic acids is 1. The second-order valence-electron chi connectivity index (χ2n) is 5.47. The van der Waals surface area contributed by atoms with E-state index in [1.165, 1.54) is 0 Å². The van der Waals surface area contributed by atoms with Crippen LogP contribution in [0.25, 0.3) is 0 Å². The topological polar surface area (TPSA) is 53.6 Å². The third-order valence-corrected chi connectivity index (χ3v) is 3.44. The van der Waals surface area contributed by atoms with E-state index < -0.39 is 6.09 Å². The number of halogens is 1. The van der Waals surface area contributed by atoms with Gasteiger partial charge in [0, 0.05) is 25.0 Å². The minimum absolute atomic E-state index is 0.208. The minimum atomic E-state index is -0.408. The Kier molecular flexibility index (Phi) is 8.89. The second kappa shape index (κ2) is 10.4. The van der Waals surface area contributed by atoms with Crippen molar-refractivity contribution in [2.75, 3.05) is 40.8 Å². The highest BCUT2D eigenvalue weighted by atomic mass is 35.5. The molecule has 1 rings (SSSR count). The quantitative estimate of drug-likeness (QED) is 0.682. The minimum Gasteiger partial charge on any atom is -0.445 e. The van der Waals surface area contributed by atoms with Crippen LogP contribution in [0.1, 0.15) is 12.0 Å². The molecule has 5 nitrogen and oxygen atoms in total. The molecule has 0 saturated heterocycles. The first kappa shape index (κ1) is 18.7. The van der Waals surface area contributed by atoms with Crippen LogP contribution in [0.5, 0.6) is 0 Å². The molecule has 0 bridgehead atoms. The summed E-state index contributed by atoms with van der Waals surface area (Å²) < 4.78 is 5.41. The zero-order chi connectivity index (χ0) is 16.4. The Morgan fingerprint density at radius 2 is 2.00 bits per heavy atom. The van der Waals surface area contributed by atoms with Gasteiger partial charge in [-0.25, -0.2) is 4.79 Å². The summed E-state index contributed by atoms with van der Waals surface area (Å²) in [6.45, 7) is 2.56. The number of nitrogens with zero attached hydrogens (tertiary/aromatic N) is 1. The predicted octanol–water partition coefficient (Wildman–Crippen LogP) is 2.15. The normalized spacial score (nSPS) is 12.2. The van der Waals surface area contributed by atoms with Gasteiger partial charge < -0.3 is 20.3 Å². The van der Waals surface area contributed by atoms with Crippen molar-refractivity contribution in [3.63, 3.8) is 0 Å². The summed E-state index contributed by atoms with van der Waals surface area (Å²) in [7, 11) is 5.67. The third-order valence-electron chi connectivity index (χ3n) is 3.19. The number of alkyl carbamates (subject to hydrolysis) is 1. The van der Waals surface area contributed by atoms with Crippen molar-refractivity contribution in [3.8, 4) is 0 Å². The van der Waals surface area contributed by atoms with Crippen LogP contribution in [0.2, 0.25) is 5.02 Å². The fraction of sp³-hybridized carbons (Fsp3) is 0.562. The van der Waals surface area contributed by atoms with Crippen molar-refractivity contribution in [3.05, 3.63) is 34.9 Å². The lowest BCUT2D eigenvalue weighted by Gasteiger charge is -2.19. The van der Waals surface area contributed by atoms with Crippen LogP contribution >= 0.6 is 11.6 Å². The van der Waals surface area contributed by atoms with E-state index in [1.54, 1.807) is 7.05 Å². The lowest BCUT2D eigenvalue weighted by molar-refractivity contribution is 0.0984. The summed E-state index contributed by atoms with van der Waals surface area (Å²) in [5.41, 5.74) is 1.09. The molecule has 2 N–H and O–H groups in total. The molecule has 6 heteroatoms. The average Bonchev–Trinajstić information content (AvgIpc) is 2.48. The molecular weight excluding hydrogens is 302 g/mol. The Morgan fingerprint density at radius 3 is 2.59 bits per heavy atom. The van der Waals surface area contributed by atoms with Gasteiger partial charge in [0.1, 0.15) is 6.10 Å². The fourth-order valence-electron chi connectivity index (χ4n) is 2.03. The molecule has 1 aromatic carbocycles. The van der Waals surface area contributed by atoms with Crippen LogP contribution in [0, 0.1) is 0 Å². The predicted molar refractivity (Wildman–Crippen MR) is 90.5 cm³/mol. The van der Waals surface area contributed by atoms with E-state index in [9.17, 15) is 4.79 Å². The van der Waals surface area contributed by atoms with Gasteiger partial charge in [-0.3, -0.25) is 0 Å². The lowest BCUT2D eigenvalue weighted by Crippen LogP contribution is -2.36. The van der Waals surface area contributed by atoms with Crippen molar-refractivity contribution < 1.29 is 9.53 Å². The SMILES string of the molecule is CNC(=O)OC(CNCCCN(C)C)Cc1ccc(Cl)cc1. The molecule has 1 atom stereocenters. The molecule has 1 unspecified atom stereocenters. The van der Waals surface area contributed by atoms with Crippen LogP contribution < -0.4 is 10.6 Å². The van der Waals surface area contributed by atoms with E-state index in [1.807, 2.05) is 24.3 Å².